The third-order valence-electron chi connectivity index (χ3n) is 3.90. The molecule has 0 spiro atoms. The van der Waals surface area contributed by atoms with E-state index < -0.39 is 0 Å². The van der Waals surface area contributed by atoms with Crippen molar-refractivity contribution >= 4 is 10.8 Å². The Kier molecular flexibility index (Phi) is 4.81. The van der Waals surface area contributed by atoms with E-state index in [9.17, 15) is 0 Å². The Morgan fingerprint density at radius 1 is 0.833 bits per heavy atom. The molecule has 2 aromatic carbocycles. The molecule has 96 valence electrons. The van der Waals surface area contributed by atoms with Gasteiger partial charge in [0.1, 0.15) is 0 Å². The van der Waals surface area contributed by atoms with E-state index >= 15 is 0 Å². The standard InChI is InChI=1S/C11H10.C7H14/c1-9-5-4-7-10-6-2-3-8-11(9)10;1-7-5-3-2-4-6-7/h2-8H,1H3;7H,2-6H2,1H3. The largest absolute Gasteiger partial charge is 0.0625 e. The van der Waals surface area contributed by atoms with Crippen molar-refractivity contribution in [3.63, 3.8) is 0 Å². The molecule has 0 N–H and O–H groups in total. The first-order valence-corrected chi connectivity index (χ1v) is 7.22. The van der Waals surface area contributed by atoms with Crippen LogP contribution >= 0.6 is 0 Å². The van der Waals surface area contributed by atoms with E-state index in [0.717, 1.165) is 5.92 Å². The summed E-state index contributed by atoms with van der Waals surface area (Å²) in [7, 11) is 0. The highest BCUT2D eigenvalue weighted by molar-refractivity contribution is 5.85. The lowest BCUT2D eigenvalue weighted by atomic mass is 9.91. The van der Waals surface area contributed by atoms with Crippen molar-refractivity contribution in [2.75, 3.05) is 0 Å². The predicted octanol–water partition coefficient (Wildman–Crippen LogP) is 5.73. The Morgan fingerprint density at radius 3 is 2.11 bits per heavy atom. The van der Waals surface area contributed by atoms with Crippen LogP contribution in [0.2, 0.25) is 0 Å². The fourth-order valence-electron chi connectivity index (χ4n) is 2.69. The first-order valence-electron chi connectivity index (χ1n) is 7.22. The molecule has 0 unspecified atom stereocenters. The van der Waals surface area contributed by atoms with E-state index in [1.54, 1.807) is 0 Å². The fourth-order valence-corrected chi connectivity index (χ4v) is 2.69. The van der Waals surface area contributed by atoms with E-state index in [2.05, 4.69) is 56.3 Å². The molecule has 0 saturated heterocycles. The van der Waals surface area contributed by atoms with Crippen LogP contribution in [0.1, 0.15) is 44.6 Å². The van der Waals surface area contributed by atoms with Gasteiger partial charge in [0.15, 0.2) is 0 Å². The zero-order valence-electron chi connectivity index (χ0n) is 11.7. The van der Waals surface area contributed by atoms with Crippen LogP contribution in [-0.4, -0.2) is 0 Å². The van der Waals surface area contributed by atoms with Gasteiger partial charge >= 0.3 is 0 Å². The first kappa shape index (κ1) is 13.1. The fraction of sp³-hybridized carbons (Fsp3) is 0.444. The van der Waals surface area contributed by atoms with E-state index in [1.807, 2.05) is 0 Å². The predicted molar refractivity (Wildman–Crippen MR) is 80.9 cm³/mol. The van der Waals surface area contributed by atoms with Crippen LogP contribution in [0.5, 0.6) is 0 Å². The van der Waals surface area contributed by atoms with Crippen molar-refractivity contribution in [1.29, 1.82) is 0 Å². The van der Waals surface area contributed by atoms with Gasteiger partial charge in [0, 0.05) is 0 Å². The van der Waals surface area contributed by atoms with Crippen LogP contribution in [0, 0.1) is 12.8 Å². The molecule has 0 nitrogen and oxygen atoms in total. The number of aryl methyl sites for hydroxylation is 1. The highest BCUT2D eigenvalue weighted by Gasteiger charge is 2.05. The van der Waals surface area contributed by atoms with Crippen LogP contribution in [-0.2, 0) is 0 Å². The summed E-state index contributed by atoms with van der Waals surface area (Å²) in [6.45, 7) is 4.50. The van der Waals surface area contributed by atoms with Gasteiger partial charge in [0.2, 0.25) is 0 Å². The molecule has 2 aromatic rings. The second-order valence-electron chi connectivity index (χ2n) is 5.54. The molecule has 0 bridgehead atoms. The van der Waals surface area contributed by atoms with Crippen LogP contribution in [0.15, 0.2) is 42.5 Å². The van der Waals surface area contributed by atoms with Gasteiger partial charge < -0.3 is 0 Å². The Bertz CT molecular complexity index is 473. The molecule has 1 saturated carbocycles. The van der Waals surface area contributed by atoms with Crippen LogP contribution in [0.25, 0.3) is 10.8 Å². The second kappa shape index (κ2) is 6.58. The number of rotatable bonds is 0. The Morgan fingerprint density at radius 2 is 1.50 bits per heavy atom. The van der Waals surface area contributed by atoms with Gasteiger partial charge in [-0.2, -0.15) is 0 Å². The minimum atomic E-state index is 1.04. The SMILES string of the molecule is CC1CCCCC1.Cc1cccc2ccccc12. The van der Waals surface area contributed by atoms with Gasteiger partial charge in [-0.15, -0.1) is 0 Å². The summed E-state index contributed by atoms with van der Waals surface area (Å²) in [5.41, 5.74) is 1.35. The van der Waals surface area contributed by atoms with Crippen molar-refractivity contribution < 1.29 is 0 Å². The van der Waals surface area contributed by atoms with Crippen molar-refractivity contribution in [3.8, 4) is 0 Å². The number of fused-ring (bicyclic) bond motifs is 1. The van der Waals surface area contributed by atoms with Crippen molar-refractivity contribution in [2.45, 2.75) is 46.0 Å². The van der Waals surface area contributed by atoms with Crippen molar-refractivity contribution in [2.24, 2.45) is 5.92 Å². The topological polar surface area (TPSA) is 0 Å². The molecule has 1 fully saturated rings. The third-order valence-corrected chi connectivity index (χ3v) is 3.90. The van der Waals surface area contributed by atoms with Crippen LogP contribution in [0.4, 0.5) is 0 Å². The monoisotopic (exact) mass is 240 g/mol. The summed E-state index contributed by atoms with van der Waals surface area (Å²) < 4.78 is 0. The lowest BCUT2D eigenvalue weighted by molar-refractivity contribution is 0.385. The van der Waals surface area contributed by atoms with Gasteiger partial charge in [0.05, 0.1) is 0 Å². The Labute approximate surface area is 111 Å². The summed E-state index contributed by atoms with van der Waals surface area (Å²) in [6.07, 6.45) is 7.44. The molecule has 3 rings (SSSR count). The van der Waals surface area contributed by atoms with Gasteiger partial charge in [0.25, 0.3) is 0 Å². The van der Waals surface area contributed by atoms with Gasteiger partial charge in [-0.25, -0.2) is 0 Å². The molecule has 0 heteroatoms. The molecular weight excluding hydrogens is 216 g/mol. The maximum atomic E-state index is 2.36. The highest BCUT2D eigenvalue weighted by atomic mass is 14.1. The zero-order valence-corrected chi connectivity index (χ0v) is 11.7. The lowest BCUT2D eigenvalue weighted by Crippen LogP contribution is -1.99. The number of benzene rings is 2. The first-order chi connectivity index (χ1) is 8.77. The molecule has 0 radical (unpaired) electrons. The van der Waals surface area contributed by atoms with E-state index in [1.165, 1.54) is 48.4 Å². The van der Waals surface area contributed by atoms with E-state index in [-0.39, 0.29) is 0 Å². The Balaban J connectivity index is 0.000000149. The molecular formula is C18H24. The lowest BCUT2D eigenvalue weighted by Gasteiger charge is -2.15. The molecule has 1 aliphatic rings. The van der Waals surface area contributed by atoms with Crippen molar-refractivity contribution in [3.05, 3.63) is 48.0 Å². The molecule has 0 atom stereocenters. The highest BCUT2D eigenvalue weighted by Crippen LogP contribution is 2.22. The van der Waals surface area contributed by atoms with Gasteiger partial charge in [-0.3, -0.25) is 0 Å². The van der Waals surface area contributed by atoms with E-state index in [0.29, 0.717) is 0 Å². The quantitative estimate of drug-likeness (QED) is 0.551. The molecule has 0 aliphatic heterocycles. The molecule has 0 amide bonds. The minimum absolute atomic E-state index is 1.04. The number of hydrogen-bond acceptors (Lipinski definition) is 0. The molecule has 1 aliphatic carbocycles. The average Bonchev–Trinajstić information content (AvgIpc) is 2.41. The summed E-state index contributed by atoms with van der Waals surface area (Å²) in [4.78, 5) is 0. The normalized spacial score (nSPS) is 16.1. The van der Waals surface area contributed by atoms with Crippen LogP contribution in [0.3, 0.4) is 0 Å². The Hall–Kier alpha value is -1.30. The molecule has 18 heavy (non-hydrogen) atoms. The third kappa shape index (κ3) is 3.60. The van der Waals surface area contributed by atoms with Gasteiger partial charge in [-0.1, -0.05) is 81.5 Å². The summed E-state index contributed by atoms with van der Waals surface area (Å²) >= 11 is 0. The maximum Gasteiger partial charge on any atom is -0.0155 e. The maximum absolute atomic E-state index is 2.36. The molecule has 0 heterocycles. The summed E-state index contributed by atoms with van der Waals surface area (Å²) in [5.74, 6) is 1.04. The zero-order chi connectivity index (χ0) is 12.8. The van der Waals surface area contributed by atoms with Gasteiger partial charge in [-0.05, 0) is 29.2 Å². The van der Waals surface area contributed by atoms with Crippen molar-refractivity contribution in [1.82, 2.24) is 0 Å². The van der Waals surface area contributed by atoms with E-state index in [4.69, 9.17) is 0 Å². The summed E-state index contributed by atoms with van der Waals surface area (Å²) in [6, 6.07) is 14.8. The average molecular weight is 240 g/mol. The van der Waals surface area contributed by atoms with Crippen LogP contribution < -0.4 is 0 Å². The minimum Gasteiger partial charge on any atom is -0.0625 e. The summed E-state index contributed by atoms with van der Waals surface area (Å²) in [5, 5.41) is 2.68. The number of hydrogen-bond donors (Lipinski definition) is 0. The smallest absolute Gasteiger partial charge is 0.0155 e. The second-order valence-corrected chi connectivity index (χ2v) is 5.54. The molecule has 0 aromatic heterocycles.